The summed E-state index contributed by atoms with van der Waals surface area (Å²) in [6.07, 6.45) is 0. The van der Waals surface area contributed by atoms with Gasteiger partial charge in [-0.2, -0.15) is 10.5 Å². The second-order valence-corrected chi connectivity index (χ2v) is 25.2. The average Bonchev–Trinajstić information content (AvgIpc) is 1.48. The Labute approximate surface area is 536 Å². The predicted octanol–water partition coefficient (Wildman–Crippen LogP) is 23.0. The van der Waals surface area contributed by atoms with Crippen LogP contribution in [0.3, 0.4) is 0 Å². The molecule has 0 atom stereocenters. The van der Waals surface area contributed by atoms with Gasteiger partial charge in [-0.15, -0.1) is 0 Å². The van der Waals surface area contributed by atoms with E-state index in [2.05, 4.69) is 322 Å². The molecule has 21 rings (SSSR count). The number of aromatic nitrogens is 4. The molecular formula is C88H48N6. The summed E-state index contributed by atoms with van der Waals surface area (Å²) >= 11 is 0. The molecule has 0 amide bonds. The highest BCUT2D eigenvalue weighted by atomic mass is 15.1. The average molecular weight is 1190 g/mol. The summed E-state index contributed by atoms with van der Waals surface area (Å²) in [5, 5.41) is 52.5. The number of fused-ring (bicyclic) bond motifs is 28. The summed E-state index contributed by atoms with van der Waals surface area (Å²) in [6.45, 7) is 0. The van der Waals surface area contributed by atoms with Crippen molar-refractivity contribution in [3.63, 3.8) is 0 Å². The SMILES string of the molecule is N#Cc1c(C#N)c(-n2c3ccc4ccccc4c3c3c4ccccc4ccc32)c(-n2c3ccc4ccccc4c3c3c4ccccc4ccc32)c(-n2c3ccc4ccccc4c3c3c4ccccc4ccc32)c1-n1c2ccc3ccccc3c2c2c3ccccc3ccc21. The number of rotatable bonds is 4. The lowest BCUT2D eigenvalue weighted by molar-refractivity contribution is 1.01. The Morgan fingerprint density at radius 2 is 0.319 bits per heavy atom. The van der Waals surface area contributed by atoms with Crippen LogP contribution in [0.25, 0.3) is 196 Å². The molecule has 0 fully saturated rings. The van der Waals surface area contributed by atoms with Crippen LogP contribution in [0, 0.1) is 22.7 Å². The van der Waals surface area contributed by atoms with E-state index in [0.717, 1.165) is 185 Å². The van der Waals surface area contributed by atoms with E-state index >= 15 is 0 Å². The monoisotopic (exact) mass is 1190 g/mol. The van der Waals surface area contributed by atoms with Crippen LogP contribution in [0.5, 0.6) is 0 Å². The number of hydrogen-bond acceptors (Lipinski definition) is 2. The van der Waals surface area contributed by atoms with Gasteiger partial charge in [-0.3, -0.25) is 0 Å². The summed E-state index contributed by atoms with van der Waals surface area (Å²) < 4.78 is 9.68. The maximum atomic E-state index is 13.0. The zero-order valence-electron chi connectivity index (χ0n) is 50.4. The molecule has 94 heavy (non-hydrogen) atoms. The second-order valence-electron chi connectivity index (χ2n) is 25.2. The summed E-state index contributed by atoms with van der Waals surface area (Å²) in [5.74, 6) is 0. The lowest BCUT2D eigenvalue weighted by Gasteiger charge is -2.28. The fourth-order valence-corrected chi connectivity index (χ4v) is 16.9. The smallest absolute Gasteiger partial charge is 0.103 e. The Bertz CT molecular complexity index is 6330. The lowest BCUT2D eigenvalue weighted by atomic mass is 9.98. The molecule has 4 aromatic heterocycles. The minimum Gasteiger partial charge on any atom is -0.306 e. The van der Waals surface area contributed by atoms with Crippen LogP contribution in [0.1, 0.15) is 11.1 Å². The van der Waals surface area contributed by atoms with Crippen molar-refractivity contribution in [1.82, 2.24) is 18.3 Å². The van der Waals surface area contributed by atoms with E-state index in [1.165, 1.54) is 0 Å². The molecule has 0 aliphatic rings. The third-order valence-electron chi connectivity index (χ3n) is 20.7. The quantitative estimate of drug-likeness (QED) is 0.176. The zero-order valence-corrected chi connectivity index (χ0v) is 50.4. The number of benzene rings is 17. The first-order valence-corrected chi connectivity index (χ1v) is 32.0. The van der Waals surface area contributed by atoms with E-state index < -0.39 is 0 Å². The van der Waals surface area contributed by atoms with Gasteiger partial charge in [-0.25, -0.2) is 0 Å². The van der Waals surface area contributed by atoms with Crippen LogP contribution < -0.4 is 0 Å². The van der Waals surface area contributed by atoms with Crippen molar-refractivity contribution in [2.75, 3.05) is 0 Å². The highest BCUT2D eigenvalue weighted by molar-refractivity contribution is 6.34. The normalized spacial score (nSPS) is 12.2. The molecule has 21 aromatic rings. The summed E-state index contributed by atoms with van der Waals surface area (Å²) in [6, 6.07) is 112. The van der Waals surface area contributed by atoms with Gasteiger partial charge < -0.3 is 18.3 Å². The minimum absolute atomic E-state index is 0.251. The van der Waals surface area contributed by atoms with Crippen LogP contribution in [-0.2, 0) is 0 Å². The van der Waals surface area contributed by atoms with Gasteiger partial charge in [0.05, 0.1) is 78.0 Å². The summed E-state index contributed by atoms with van der Waals surface area (Å²) in [7, 11) is 0. The largest absolute Gasteiger partial charge is 0.306 e. The maximum Gasteiger partial charge on any atom is 0.103 e. The Balaban J connectivity index is 1.12. The van der Waals surface area contributed by atoms with Crippen molar-refractivity contribution in [2.45, 2.75) is 0 Å². The molecule has 6 heteroatoms. The third-order valence-corrected chi connectivity index (χ3v) is 20.7. The topological polar surface area (TPSA) is 67.3 Å². The molecule has 0 spiro atoms. The van der Waals surface area contributed by atoms with Crippen LogP contribution in [0.15, 0.2) is 291 Å². The van der Waals surface area contributed by atoms with Gasteiger partial charge in [0.1, 0.15) is 12.1 Å². The zero-order chi connectivity index (χ0) is 61.6. The van der Waals surface area contributed by atoms with Gasteiger partial charge in [0, 0.05) is 43.1 Å². The van der Waals surface area contributed by atoms with Crippen LogP contribution in [0.4, 0.5) is 0 Å². The molecule has 0 saturated heterocycles. The molecule has 17 aromatic carbocycles. The lowest BCUT2D eigenvalue weighted by Crippen LogP contribution is -2.17. The van der Waals surface area contributed by atoms with Gasteiger partial charge in [0.25, 0.3) is 0 Å². The first-order valence-electron chi connectivity index (χ1n) is 32.0. The highest BCUT2D eigenvalue weighted by Crippen LogP contribution is 2.53. The van der Waals surface area contributed by atoms with Crippen LogP contribution in [0.2, 0.25) is 0 Å². The standard InChI is InChI=1S/C88H48N6/c89-49-67-68(50-90)86(92-71-43-35-53-19-3-11-27-61(53)79(71)80-62-28-12-4-20-54(62)36-44-72(80)92)88(94-75-47-39-57-23-7-15-31-65(57)83(75)84-66-32-16-8-24-58(66)40-48-76(84)94)87(93-73-45-37-55-21-5-13-29-63(55)81(73)82-64-30-14-6-22-56(64)38-46-74(82)93)85(67)91-69-41-33-51-17-1-9-25-59(51)77(69)78-60-26-10-2-18-52(60)34-42-70(78)91/h1-48H. The number of nitriles is 2. The van der Waals surface area contributed by atoms with Crippen molar-refractivity contribution in [1.29, 1.82) is 10.5 Å². The van der Waals surface area contributed by atoms with Gasteiger partial charge in [-0.1, -0.05) is 243 Å². The first kappa shape index (κ1) is 50.8. The van der Waals surface area contributed by atoms with E-state index in [1.54, 1.807) is 0 Å². The Morgan fingerprint density at radius 3 is 0.479 bits per heavy atom. The van der Waals surface area contributed by atoms with E-state index in [4.69, 9.17) is 0 Å². The van der Waals surface area contributed by atoms with Crippen LogP contribution in [-0.4, -0.2) is 18.3 Å². The van der Waals surface area contributed by atoms with E-state index in [0.29, 0.717) is 11.4 Å². The fraction of sp³-hybridized carbons (Fsp3) is 0. The summed E-state index contributed by atoms with van der Waals surface area (Å²) in [5.41, 5.74) is 10.7. The fourth-order valence-electron chi connectivity index (χ4n) is 16.9. The Kier molecular flexibility index (Phi) is 10.2. The molecule has 0 aliphatic carbocycles. The number of hydrogen-bond donors (Lipinski definition) is 0. The second kappa shape index (κ2) is 18.8. The molecule has 6 nitrogen and oxygen atoms in total. The van der Waals surface area contributed by atoms with E-state index in [-0.39, 0.29) is 11.1 Å². The van der Waals surface area contributed by atoms with Gasteiger partial charge in [0.15, 0.2) is 0 Å². The highest BCUT2D eigenvalue weighted by Gasteiger charge is 2.36. The van der Waals surface area contributed by atoms with Gasteiger partial charge in [0.2, 0.25) is 0 Å². The van der Waals surface area contributed by atoms with Crippen molar-refractivity contribution in [3.05, 3.63) is 302 Å². The van der Waals surface area contributed by atoms with E-state index in [1.807, 2.05) is 0 Å². The molecule has 0 unspecified atom stereocenters. The predicted molar refractivity (Wildman–Crippen MR) is 393 cm³/mol. The molecule has 430 valence electrons. The van der Waals surface area contributed by atoms with Crippen molar-refractivity contribution < 1.29 is 0 Å². The van der Waals surface area contributed by atoms with E-state index in [9.17, 15) is 10.5 Å². The van der Waals surface area contributed by atoms with Crippen molar-refractivity contribution in [3.8, 4) is 34.9 Å². The molecule has 4 heterocycles. The third kappa shape index (κ3) is 6.54. The molecule has 0 N–H and O–H groups in total. The van der Waals surface area contributed by atoms with Gasteiger partial charge in [-0.05, 0) is 135 Å². The van der Waals surface area contributed by atoms with Gasteiger partial charge >= 0.3 is 0 Å². The first-order chi connectivity index (χ1) is 46.6. The molecule has 0 aliphatic heterocycles. The minimum atomic E-state index is 0.251. The molecule has 0 bridgehead atoms. The Morgan fingerprint density at radius 1 is 0.170 bits per heavy atom. The number of nitrogens with zero attached hydrogens (tertiary/aromatic N) is 6. The van der Waals surface area contributed by atoms with Crippen molar-refractivity contribution >= 4 is 173 Å². The maximum absolute atomic E-state index is 13.0. The molecule has 0 radical (unpaired) electrons. The molecular weight excluding hydrogens is 1140 g/mol. The van der Waals surface area contributed by atoms with Crippen LogP contribution >= 0.6 is 0 Å². The summed E-state index contributed by atoms with van der Waals surface area (Å²) in [4.78, 5) is 0. The molecule has 0 saturated carbocycles. The van der Waals surface area contributed by atoms with Crippen molar-refractivity contribution in [2.24, 2.45) is 0 Å². The Hall–Kier alpha value is -13.0.